The van der Waals surface area contributed by atoms with Crippen LogP contribution in [0.2, 0.25) is 0 Å². The lowest BCUT2D eigenvalue weighted by Crippen LogP contribution is -2.50. The number of nitrogens with zero attached hydrogens (tertiary/aromatic N) is 1. The number of aliphatic carboxylic acids is 1. The largest absolute Gasteiger partial charge is 0.477 e. The molecule has 316 valence electrons. The summed E-state index contributed by atoms with van der Waals surface area (Å²) in [6.45, 7) is 4.54. The van der Waals surface area contributed by atoms with Crippen LogP contribution in [0, 0.1) is 0 Å². The van der Waals surface area contributed by atoms with Crippen molar-refractivity contribution in [2.75, 3.05) is 41.0 Å². The van der Waals surface area contributed by atoms with Crippen LogP contribution >= 0.6 is 0 Å². The lowest BCUT2D eigenvalue weighted by molar-refractivity contribution is -0.887. The number of rotatable bonds is 38. The van der Waals surface area contributed by atoms with Gasteiger partial charge in [0.15, 0.2) is 12.1 Å². The van der Waals surface area contributed by atoms with Crippen molar-refractivity contribution in [1.29, 1.82) is 0 Å². The molecule has 0 aromatic carbocycles. The molecule has 0 amide bonds. The number of allylic oxidation sites excluding steroid dienone is 10. The van der Waals surface area contributed by atoms with Gasteiger partial charge in [-0.2, -0.15) is 0 Å². The summed E-state index contributed by atoms with van der Waals surface area (Å²) in [7, 11) is 5.50. The van der Waals surface area contributed by atoms with E-state index in [1.54, 1.807) is 0 Å². The molecule has 0 aromatic rings. The second-order valence-corrected chi connectivity index (χ2v) is 15.6. The number of carbonyl (C=O) groups is 3. The molecular weight excluding hydrogens is 691 g/mol. The Morgan fingerprint density at radius 3 is 1.47 bits per heavy atom. The van der Waals surface area contributed by atoms with Crippen molar-refractivity contribution in [3.63, 3.8) is 0 Å². The third-order valence-corrected chi connectivity index (χ3v) is 9.45. The van der Waals surface area contributed by atoms with Crippen LogP contribution < -0.4 is 0 Å². The number of esters is 2. The SMILES string of the molecule is CC/C=C/C/C=C/C/C=C/C/C=C/C/C=C/CCC(=O)OCC(COCCC(C(=O)O)[N+](C)(C)C)OC(=O)CCCCCCCCCCCCCCCCC. The molecular formula is C47H82NO7+. The molecule has 0 fully saturated rings. The van der Waals surface area contributed by atoms with Gasteiger partial charge in [0, 0.05) is 19.3 Å². The third-order valence-electron chi connectivity index (χ3n) is 9.45. The van der Waals surface area contributed by atoms with Gasteiger partial charge in [-0.15, -0.1) is 0 Å². The standard InChI is InChI=1S/C47H81NO7/c1-6-8-10-12-14-16-18-20-22-24-25-27-29-31-33-35-37-45(49)54-42-43(41-53-40-39-44(47(51)52)48(3,4)5)55-46(50)38-36-34-32-30-28-26-23-21-19-17-15-13-11-9-7-2/h8,10,14,16,20,22,25,27,31,33,43-44H,6-7,9,11-13,15,17-19,21,23-24,26,28-30,32,34-42H2,1-5H3/p+1/b10-8+,16-14+,22-20+,27-25+,33-31+. The van der Waals surface area contributed by atoms with E-state index in [1.165, 1.54) is 77.0 Å². The summed E-state index contributed by atoms with van der Waals surface area (Å²) < 4.78 is 17.2. The van der Waals surface area contributed by atoms with Crippen molar-refractivity contribution >= 4 is 17.9 Å². The number of carbonyl (C=O) groups excluding carboxylic acids is 2. The lowest BCUT2D eigenvalue weighted by Gasteiger charge is -2.31. The van der Waals surface area contributed by atoms with Crippen LogP contribution in [0.4, 0.5) is 0 Å². The predicted molar refractivity (Wildman–Crippen MR) is 229 cm³/mol. The van der Waals surface area contributed by atoms with Crippen LogP contribution in [-0.4, -0.2) is 80.6 Å². The van der Waals surface area contributed by atoms with Crippen LogP contribution in [0.5, 0.6) is 0 Å². The molecule has 0 aliphatic heterocycles. The molecule has 0 saturated heterocycles. The smallest absolute Gasteiger partial charge is 0.362 e. The van der Waals surface area contributed by atoms with Crippen molar-refractivity contribution in [3.8, 4) is 0 Å². The molecule has 1 N–H and O–H groups in total. The zero-order chi connectivity index (χ0) is 40.7. The minimum atomic E-state index is -0.885. The average Bonchev–Trinajstić information content (AvgIpc) is 3.14. The first kappa shape index (κ1) is 52.0. The molecule has 0 saturated carbocycles. The maximum absolute atomic E-state index is 12.7. The molecule has 0 radical (unpaired) electrons. The number of ether oxygens (including phenoxy) is 3. The van der Waals surface area contributed by atoms with Gasteiger partial charge in [-0.1, -0.05) is 164 Å². The molecule has 0 aliphatic rings. The second kappa shape index (κ2) is 37.9. The minimum Gasteiger partial charge on any atom is -0.477 e. The van der Waals surface area contributed by atoms with Crippen molar-refractivity contribution < 1.29 is 38.2 Å². The number of unbranched alkanes of at least 4 members (excludes halogenated alkanes) is 14. The maximum atomic E-state index is 12.7. The lowest BCUT2D eigenvalue weighted by atomic mass is 10.0. The monoisotopic (exact) mass is 773 g/mol. The van der Waals surface area contributed by atoms with Crippen LogP contribution in [0.15, 0.2) is 60.8 Å². The van der Waals surface area contributed by atoms with Crippen LogP contribution in [0.1, 0.15) is 168 Å². The number of quaternary nitrogens is 1. The van der Waals surface area contributed by atoms with E-state index in [-0.39, 0.29) is 42.7 Å². The summed E-state index contributed by atoms with van der Waals surface area (Å²) in [6.07, 6.45) is 45.6. The highest BCUT2D eigenvalue weighted by atomic mass is 16.6. The maximum Gasteiger partial charge on any atom is 0.362 e. The van der Waals surface area contributed by atoms with E-state index in [4.69, 9.17) is 14.2 Å². The molecule has 0 spiro atoms. The zero-order valence-electron chi connectivity index (χ0n) is 35.9. The van der Waals surface area contributed by atoms with Gasteiger partial charge in [-0.05, 0) is 44.9 Å². The van der Waals surface area contributed by atoms with Gasteiger partial charge in [0.25, 0.3) is 0 Å². The van der Waals surface area contributed by atoms with Gasteiger partial charge in [-0.25, -0.2) is 4.79 Å². The van der Waals surface area contributed by atoms with E-state index in [0.717, 1.165) is 51.4 Å². The first-order valence-electron chi connectivity index (χ1n) is 21.8. The molecule has 8 nitrogen and oxygen atoms in total. The fourth-order valence-corrected chi connectivity index (χ4v) is 6.08. The Morgan fingerprint density at radius 2 is 1.02 bits per heavy atom. The Morgan fingerprint density at radius 1 is 0.564 bits per heavy atom. The Kier molecular flexibility index (Phi) is 35.9. The molecule has 0 heterocycles. The summed E-state index contributed by atoms with van der Waals surface area (Å²) in [6, 6.07) is -0.625. The summed E-state index contributed by atoms with van der Waals surface area (Å²) in [4.78, 5) is 36.9. The highest BCUT2D eigenvalue weighted by molar-refractivity contribution is 5.72. The number of carboxylic acid groups (broad SMARTS) is 1. The highest BCUT2D eigenvalue weighted by Crippen LogP contribution is 2.15. The molecule has 0 rings (SSSR count). The summed E-state index contributed by atoms with van der Waals surface area (Å²) in [5.41, 5.74) is 0. The molecule has 0 aliphatic carbocycles. The van der Waals surface area contributed by atoms with E-state index in [2.05, 4.69) is 62.5 Å². The van der Waals surface area contributed by atoms with E-state index >= 15 is 0 Å². The van der Waals surface area contributed by atoms with Gasteiger partial charge in [-0.3, -0.25) is 9.59 Å². The molecule has 8 heteroatoms. The van der Waals surface area contributed by atoms with Gasteiger partial charge in [0.05, 0.1) is 34.4 Å². The number of likely N-dealkylation sites (N-methyl/N-ethyl adjacent to an activating group) is 1. The number of hydrogen-bond donors (Lipinski definition) is 1. The fraction of sp³-hybridized carbons (Fsp3) is 0.723. The van der Waals surface area contributed by atoms with E-state index < -0.39 is 18.1 Å². The summed E-state index contributed by atoms with van der Waals surface area (Å²) in [5, 5.41) is 9.61. The second-order valence-electron chi connectivity index (χ2n) is 15.6. The van der Waals surface area contributed by atoms with Gasteiger partial charge >= 0.3 is 17.9 Å². The Balaban J connectivity index is 4.46. The van der Waals surface area contributed by atoms with E-state index in [9.17, 15) is 19.5 Å². The van der Waals surface area contributed by atoms with E-state index in [1.807, 2.05) is 33.3 Å². The quantitative estimate of drug-likeness (QED) is 0.0289. The Bertz CT molecular complexity index is 1090. The van der Waals surface area contributed by atoms with Gasteiger partial charge in [0.2, 0.25) is 0 Å². The molecule has 2 unspecified atom stereocenters. The predicted octanol–water partition coefficient (Wildman–Crippen LogP) is 11.8. The van der Waals surface area contributed by atoms with Crippen molar-refractivity contribution in [3.05, 3.63) is 60.8 Å². The van der Waals surface area contributed by atoms with Crippen LogP contribution in [0.3, 0.4) is 0 Å². The van der Waals surface area contributed by atoms with Crippen molar-refractivity contribution in [2.24, 2.45) is 0 Å². The van der Waals surface area contributed by atoms with Crippen LogP contribution in [-0.2, 0) is 28.6 Å². The average molecular weight is 773 g/mol. The zero-order valence-corrected chi connectivity index (χ0v) is 35.9. The van der Waals surface area contributed by atoms with Crippen molar-refractivity contribution in [2.45, 2.75) is 180 Å². The fourth-order valence-electron chi connectivity index (χ4n) is 6.08. The topological polar surface area (TPSA) is 99.1 Å². The van der Waals surface area contributed by atoms with Crippen LogP contribution in [0.25, 0.3) is 0 Å². The summed E-state index contributed by atoms with van der Waals surface area (Å²) in [5.74, 6) is -1.57. The van der Waals surface area contributed by atoms with Gasteiger partial charge < -0.3 is 23.8 Å². The number of hydrogen-bond acceptors (Lipinski definition) is 6. The first-order valence-corrected chi connectivity index (χ1v) is 21.8. The third kappa shape index (κ3) is 36.4. The first-order chi connectivity index (χ1) is 26.6. The Labute approximate surface area is 337 Å². The molecule has 0 aromatic heterocycles. The molecule has 2 atom stereocenters. The Hall–Kier alpha value is -2.97. The molecule has 0 bridgehead atoms. The number of carboxylic acids is 1. The summed E-state index contributed by atoms with van der Waals surface area (Å²) >= 11 is 0. The normalized spacial score (nSPS) is 13.5. The van der Waals surface area contributed by atoms with E-state index in [0.29, 0.717) is 19.3 Å². The highest BCUT2D eigenvalue weighted by Gasteiger charge is 2.31. The molecule has 55 heavy (non-hydrogen) atoms. The minimum absolute atomic E-state index is 0.0378. The van der Waals surface area contributed by atoms with Gasteiger partial charge in [0.1, 0.15) is 6.61 Å². The van der Waals surface area contributed by atoms with Crippen molar-refractivity contribution in [1.82, 2.24) is 0 Å².